The summed E-state index contributed by atoms with van der Waals surface area (Å²) in [6.45, 7) is 14.7. The van der Waals surface area contributed by atoms with E-state index in [0.717, 1.165) is 128 Å². The Morgan fingerprint density at radius 2 is 0.348 bits per heavy atom. The van der Waals surface area contributed by atoms with Crippen LogP contribution in [0.3, 0.4) is 0 Å². The van der Waals surface area contributed by atoms with E-state index in [4.69, 9.17) is 62.8 Å². The normalized spacial score (nSPS) is 12.4. The van der Waals surface area contributed by atoms with Crippen molar-refractivity contribution in [1.29, 1.82) is 0 Å². The fourth-order valence-corrected chi connectivity index (χ4v) is 12.4. The van der Waals surface area contributed by atoms with Gasteiger partial charge < -0.3 is 78.8 Å². The van der Waals surface area contributed by atoms with Gasteiger partial charge >= 0.3 is 35.8 Å². The Morgan fingerprint density at radius 3 is 0.496 bits per heavy atom. The predicted octanol–water partition coefficient (Wildman–Crippen LogP) is 14.1. The molecule has 0 rings (SSSR count). The Labute approximate surface area is 695 Å². The van der Waals surface area contributed by atoms with Crippen LogP contribution >= 0.6 is 0 Å². The van der Waals surface area contributed by atoms with Crippen LogP contribution in [-0.4, -0.2) is 166 Å². The molecular weight excluding hydrogens is 1470 g/mol. The minimum Gasteiger partial charge on any atom is -0.450 e. The third kappa shape index (κ3) is 69.6. The number of carbonyl (C=O) groups is 12. The van der Waals surface area contributed by atoms with Crippen LogP contribution in [-0.2, 0) is 86.0 Å². The van der Waals surface area contributed by atoms with Crippen molar-refractivity contribution in [3.63, 3.8) is 0 Å². The molecular formula is C88H169N9O18. The second-order valence-electron chi connectivity index (χ2n) is 30.0. The number of rotatable bonds is 78. The van der Waals surface area contributed by atoms with E-state index < -0.39 is 108 Å². The third-order valence-electron chi connectivity index (χ3n) is 19.2. The van der Waals surface area contributed by atoms with Crippen LogP contribution in [0.2, 0.25) is 0 Å². The number of hydrogen-bond acceptors (Lipinski definition) is 24. The third-order valence-corrected chi connectivity index (χ3v) is 19.2. The average molecular weight is 1640 g/mol. The SMILES string of the molecule is C.CCCCCCCC(=O)O[C@@H](C(=O)CCCN)[C@@H](OC(=O)CCCCCCC)C(=O)NCCN.CCCCCCCCCC(=O)O[C@@H](C(=O)CCCN)[C@@H](OC(=O)CCCCCCCCC)C(=O)NCCN.CCCCCCCCCCCC(=O)O[C@@H](C(=O)CCCN)[C@@H](OC(=O)CCCCCCCCCCC)C(=O)NCCN. The van der Waals surface area contributed by atoms with E-state index in [0.29, 0.717) is 57.8 Å². The predicted molar refractivity (Wildman–Crippen MR) is 458 cm³/mol. The number of unbranched alkanes of at least 4 members (excludes halogenated alkanes) is 36. The van der Waals surface area contributed by atoms with Crippen LogP contribution in [0, 0.1) is 0 Å². The van der Waals surface area contributed by atoms with Crippen LogP contribution in [0.4, 0.5) is 0 Å². The molecule has 27 heteroatoms. The second-order valence-corrected chi connectivity index (χ2v) is 30.0. The average Bonchev–Trinajstić information content (AvgIpc) is 0.860. The lowest BCUT2D eigenvalue weighted by Gasteiger charge is -2.25. The number of nitrogens with one attached hydrogen (secondary N) is 3. The van der Waals surface area contributed by atoms with Crippen LogP contribution in [0.1, 0.15) is 396 Å². The molecule has 0 radical (unpaired) electrons. The standard InChI is InChI=1S/C33H63N3O6.C29H55N3O6.C25H47N3O6.CH4/c1-3-5-7-9-11-13-15-17-19-23-29(38)41-31(28(37)22-21-25-34)32(33(40)36-27-26-35)42-30(39)24-20-18-16-14-12-10-8-6-4-2;1-3-5-7-9-11-13-15-19-25(34)37-27(24(33)18-17-21-30)28(29(36)32-23-22-31)38-26(35)20-16-14-12-10-8-6-4-2;1-3-5-7-9-11-15-21(30)33-23(20(29)14-13-17-26)24(25(32)28-19-18-27)34-22(31)16-12-10-8-6-4-2;/h31-32H,3-27,34-35H2,1-2H3,(H,36,40);27-28H,3-23,30-31H2,1-2H3,(H,32,36);23-24H,3-19,26-27H2,1-2H3,(H,28,32);1H4/t31-,32+;27-,28+;23-,24+;/m000./s1. The van der Waals surface area contributed by atoms with Crippen molar-refractivity contribution in [2.45, 2.75) is 432 Å². The number of carbonyl (C=O) groups excluding carboxylic acids is 12. The largest absolute Gasteiger partial charge is 0.450 e. The van der Waals surface area contributed by atoms with Crippen LogP contribution in [0.25, 0.3) is 0 Å². The van der Waals surface area contributed by atoms with Crippen molar-refractivity contribution in [2.24, 2.45) is 34.4 Å². The lowest BCUT2D eigenvalue weighted by molar-refractivity contribution is -0.176. The molecule has 0 spiro atoms. The Bertz CT molecular complexity index is 2280. The van der Waals surface area contributed by atoms with Gasteiger partial charge in [0.15, 0.2) is 17.3 Å². The van der Waals surface area contributed by atoms with E-state index in [1.54, 1.807) is 0 Å². The number of nitrogens with two attached hydrogens (primary N) is 6. The first-order chi connectivity index (χ1) is 55.2. The molecule has 0 aromatic carbocycles. The molecule has 0 heterocycles. The Hall–Kier alpha value is -6.00. The molecule has 6 atom stereocenters. The molecule has 0 saturated heterocycles. The molecule has 115 heavy (non-hydrogen) atoms. The fourth-order valence-electron chi connectivity index (χ4n) is 12.4. The highest BCUT2D eigenvalue weighted by Crippen LogP contribution is 2.22. The van der Waals surface area contributed by atoms with Gasteiger partial charge in [-0.3, -0.25) is 57.5 Å². The Kier molecular flexibility index (Phi) is 86.1. The van der Waals surface area contributed by atoms with Gasteiger partial charge in [0, 0.05) is 97.1 Å². The highest BCUT2D eigenvalue weighted by atomic mass is 16.6. The zero-order valence-electron chi connectivity index (χ0n) is 72.3. The summed E-state index contributed by atoms with van der Waals surface area (Å²) in [6, 6.07) is 0. The first-order valence-electron chi connectivity index (χ1n) is 45.0. The van der Waals surface area contributed by atoms with Crippen molar-refractivity contribution >= 4 is 70.9 Å². The van der Waals surface area contributed by atoms with Gasteiger partial charge in [-0.05, 0) is 77.4 Å². The van der Waals surface area contributed by atoms with Crippen molar-refractivity contribution in [1.82, 2.24) is 16.0 Å². The first-order valence-corrected chi connectivity index (χ1v) is 45.0. The monoisotopic (exact) mass is 1640 g/mol. The molecule has 15 N–H and O–H groups in total. The van der Waals surface area contributed by atoms with Crippen molar-refractivity contribution < 1.29 is 86.0 Å². The summed E-state index contributed by atoms with van der Waals surface area (Å²) < 4.78 is 32.9. The van der Waals surface area contributed by atoms with E-state index >= 15 is 0 Å². The maximum absolute atomic E-state index is 13.1. The lowest BCUT2D eigenvalue weighted by Crippen LogP contribution is -2.51. The summed E-state index contributed by atoms with van der Waals surface area (Å²) in [5.41, 5.74) is 33.2. The van der Waals surface area contributed by atoms with E-state index in [2.05, 4.69) is 57.5 Å². The van der Waals surface area contributed by atoms with Crippen LogP contribution in [0.5, 0.6) is 0 Å². The summed E-state index contributed by atoms with van der Waals surface area (Å²) in [5.74, 6) is -7.07. The molecule has 27 nitrogen and oxygen atoms in total. The molecule has 674 valence electrons. The zero-order chi connectivity index (χ0) is 85.3. The van der Waals surface area contributed by atoms with Crippen molar-refractivity contribution in [2.75, 3.05) is 58.9 Å². The zero-order valence-corrected chi connectivity index (χ0v) is 72.3. The number of ketones is 3. The highest BCUT2D eigenvalue weighted by Gasteiger charge is 2.42. The molecule has 0 aliphatic rings. The maximum atomic E-state index is 13.1. The summed E-state index contributed by atoms with van der Waals surface area (Å²) in [7, 11) is 0. The summed E-state index contributed by atoms with van der Waals surface area (Å²) in [5, 5.41) is 7.69. The molecule has 0 saturated carbocycles. The minimum atomic E-state index is -1.56. The fraction of sp³-hybridized carbons (Fsp3) is 0.864. The quantitative estimate of drug-likeness (QED) is 0.0155. The molecule has 0 aliphatic carbocycles. The molecule has 3 amide bonds. The molecule has 0 aromatic rings. The van der Waals surface area contributed by atoms with Gasteiger partial charge in [-0.2, -0.15) is 0 Å². The lowest BCUT2D eigenvalue weighted by atomic mass is 10.0. The van der Waals surface area contributed by atoms with Gasteiger partial charge in [0.1, 0.15) is 0 Å². The molecule has 0 fully saturated rings. The molecule has 0 bridgehead atoms. The topological polar surface area (TPSA) is 452 Å². The van der Waals surface area contributed by atoms with Crippen molar-refractivity contribution in [3.05, 3.63) is 0 Å². The van der Waals surface area contributed by atoms with Crippen LogP contribution < -0.4 is 50.4 Å². The summed E-state index contributed by atoms with van der Waals surface area (Å²) in [4.78, 5) is 153. The van der Waals surface area contributed by atoms with E-state index in [-0.39, 0.29) is 124 Å². The van der Waals surface area contributed by atoms with E-state index in [9.17, 15) is 57.5 Å². The number of Topliss-reactive ketones (excluding diaryl/α,β-unsaturated/α-hetero) is 3. The van der Waals surface area contributed by atoms with Gasteiger partial charge in [0.05, 0.1) is 0 Å². The van der Waals surface area contributed by atoms with Gasteiger partial charge in [0.2, 0.25) is 36.6 Å². The highest BCUT2D eigenvalue weighted by molar-refractivity contribution is 5.97. The number of amides is 3. The minimum absolute atomic E-state index is 0. The van der Waals surface area contributed by atoms with Gasteiger partial charge in [-0.25, -0.2) is 0 Å². The first kappa shape index (κ1) is 115. The number of esters is 6. The number of ether oxygens (including phenoxy) is 6. The Morgan fingerprint density at radius 1 is 0.200 bits per heavy atom. The molecule has 0 unspecified atom stereocenters. The number of hydrogen-bond donors (Lipinski definition) is 9. The second kappa shape index (κ2) is 85.9. The van der Waals surface area contributed by atoms with Gasteiger partial charge in [0.25, 0.3) is 17.7 Å². The Balaban J connectivity index is -0.000000805. The van der Waals surface area contributed by atoms with E-state index in [1.807, 2.05) is 0 Å². The van der Waals surface area contributed by atoms with Gasteiger partial charge in [-0.15, -0.1) is 0 Å². The van der Waals surface area contributed by atoms with Crippen LogP contribution in [0.15, 0.2) is 0 Å². The summed E-state index contributed by atoms with van der Waals surface area (Å²) >= 11 is 0. The smallest absolute Gasteiger partial charge is 0.306 e. The van der Waals surface area contributed by atoms with Gasteiger partial charge in [-0.1, -0.05) is 280 Å². The summed E-state index contributed by atoms with van der Waals surface area (Å²) in [6.07, 6.45) is 36.5. The maximum Gasteiger partial charge on any atom is 0.306 e. The molecule has 0 aliphatic heterocycles. The molecule has 0 aromatic heterocycles. The van der Waals surface area contributed by atoms with E-state index in [1.165, 1.54) is 103 Å². The van der Waals surface area contributed by atoms with Crippen molar-refractivity contribution in [3.8, 4) is 0 Å².